The molecule has 0 atom stereocenters. The molecule has 0 aliphatic rings. The van der Waals surface area contributed by atoms with Gasteiger partial charge in [0.1, 0.15) is 11.4 Å². The van der Waals surface area contributed by atoms with E-state index in [1.165, 1.54) is 0 Å². The zero-order chi connectivity index (χ0) is 12.9. The van der Waals surface area contributed by atoms with Crippen molar-refractivity contribution < 1.29 is 9.90 Å². The van der Waals surface area contributed by atoms with Gasteiger partial charge in [0.25, 0.3) is 0 Å². The van der Waals surface area contributed by atoms with E-state index in [-0.39, 0.29) is 0 Å². The average molecular weight is 237 g/mol. The van der Waals surface area contributed by atoms with E-state index in [1.54, 1.807) is 31.0 Å². The fourth-order valence-electron chi connectivity index (χ4n) is 1.39. The Morgan fingerprint density at radius 1 is 1.53 bits per heavy atom. The molecular formula is C12H19N3O2. The van der Waals surface area contributed by atoms with Gasteiger partial charge in [0.15, 0.2) is 0 Å². The fraction of sp³-hybridized carbons (Fsp3) is 0.583. The largest absolute Gasteiger partial charge is 0.384 e. The third-order valence-electron chi connectivity index (χ3n) is 2.51. The van der Waals surface area contributed by atoms with Crippen molar-refractivity contribution >= 4 is 6.41 Å². The number of nitrogens with zero attached hydrogens (tertiary/aromatic N) is 3. The smallest absolute Gasteiger partial charge is 0.209 e. The van der Waals surface area contributed by atoms with Gasteiger partial charge in [-0.1, -0.05) is 0 Å². The van der Waals surface area contributed by atoms with Crippen molar-refractivity contribution in [1.82, 2.24) is 14.9 Å². The molecule has 0 bridgehead atoms. The molecule has 0 saturated carbocycles. The molecule has 0 aromatic carbocycles. The van der Waals surface area contributed by atoms with Gasteiger partial charge in [-0.3, -0.25) is 4.79 Å². The predicted octanol–water partition coefficient (Wildman–Crippen LogP) is 0.725. The molecule has 1 rings (SSSR count). The molecule has 1 amide bonds. The second-order valence-corrected chi connectivity index (χ2v) is 4.40. The van der Waals surface area contributed by atoms with E-state index >= 15 is 0 Å². The minimum absolute atomic E-state index is 0.593. The summed E-state index contributed by atoms with van der Waals surface area (Å²) >= 11 is 0. The monoisotopic (exact) mass is 237 g/mol. The molecule has 5 heteroatoms. The van der Waals surface area contributed by atoms with Gasteiger partial charge in [0.05, 0.1) is 5.69 Å². The SMILES string of the molecule is CCN(C=O)CCc1nccc(C(C)(C)O)n1. The van der Waals surface area contributed by atoms with E-state index in [9.17, 15) is 9.90 Å². The van der Waals surface area contributed by atoms with Crippen LogP contribution in [0.4, 0.5) is 0 Å². The summed E-state index contributed by atoms with van der Waals surface area (Å²) in [5.41, 5.74) is -0.371. The maximum atomic E-state index is 10.6. The highest BCUT2D eigenvalue weighted by Crippen LogP contribution is 2.16. The van der Waals surface area contributed by atoms with Gasteiger partial charge in [-0.05, 0) is 26.8 Å². The lowest BCUT2D eigenvalue weighted by Gasteiger charge is -2.17. The number of amides is 1. The van der Waals surface area contributed by atoms with Crippen LogP contribution in [0.3, 0.4) is 0 Å². The Kier molecular flexibility index (Phi) is 4.57. The van der Waals surface area contributed by atoms with E-state index in [0.717, 1.165) is 6.41 Å². The molecule has 0 aliphatic heterocycles. The van der Waals surface area contributed by atoms with Crippen LogP contribution in [-0.4, -0.2) is 39.5 Å². The highest BCUT2D eigenvalue weighted by atomic mass is 16.3. The normalized spacial score (nSPS) is 11.3. The van der Waals surface area contributed by atoms with Gasteiger partial charge >= 0.3 is 0 Å². The van der Waals surface area contributed by atoms with Gasteiger partial charge in [-0.2, -0.15) is 0 Å². The molecule has 1 aromatic rings. The molecule has 5 nitrogen and oxygen atoms in total. The first kappa shape index (κ1) is 13.6. The van der Waals surface area contributed by atoms with Crippen LogP contribution in [0, 0.1) is 0 Å². The second-order valence-electron chi connectivity index (χ2n) is 4.40. The van der Waals surface area contributed by atoms with Crippen LogP contribution in [0.25, 0.3) is 0 Å². The molecule has 0 saturated heterocycles. The van der Waals surface area contributed by atoms with Crippen molar-refractivity contribution in [2.24, 2.45) is 0 Å². The number of hydrogen-bond donors (Lipinski definition) is 1. The van der Waals surface area contributed by atoms with Crippen LogP contribution in [0.2, 0.25) is 0 Å². The first-order valence-electron chi connectivity index (χ1n) is 5.71. The van der Waals surface area contributed by atoms with Gasteiger partial charge < -0.3 is 10.0 Å². The van der Waals surface area contributed by atoms with Crippen LogP contribution in [0.15, 0.2) is 12.3 Å². The summed E-state index contributed by atoms with van der Waals surface area (Å²) in [6.07, 6.45) is 3.04. The standard InChI is InChI=1S/C12H19N3O2/c1-4-15(9-16)8-6-11-13-7-5-10(14-11)12(2,3)17/h5,7,9,17H,4,6,8H2,1-3H3. The van der Waals surface area contributed by atoms with Gasteiger partial charge in [0, 0.05) is 25.7 Å². The van der Waals surface area contributed by atoms with Crippen molar-refractivity contribution in [3.8, 4) is 0 Å². The van der Waals surface area contributed by atoms with E-state index < -0.39 is 5.60 Å². The lowest BCUT2D eigenvalue weighted by molar-refractivity contribution is -0.117. The summed E-state index contributed by atoms with van der Waals surface area (Å²) in [5.74, 6) is 0.643. The van der Waals surface area contributed by atoms with E-state index in [0.29, 0.717) is 31.0 Å². The van der Waals surface area contributed by atoms with Crippen LogP contribution >= 0.6 is 0 Å². The average Bonchev–Trinajstić information content (AvgIpc) is 2.30. The minimum Gasteiger partial charge on any atom is -0.384 e. The molecule has 94 valence electrons. The van der Waals surface area contributed by atoms with Gasteiger partial charge in [-0.15, -0.1) is 0 Å². The molecule has 1 N–H and O–H groups in total. The van der Waals surface area contributed by atoms with E-state index in [4.69, 9.17) is 0 Å². The summed E-state index contributed by atoms with van der Waals surface area (Å²) in [5, 5.41) is 9.83. The summed E-state index contributed by atoms with van der Waals surface area (Å²) in [6, 6.07) is 1.70. The third-order valence-corrected chi connectivity index (χ3v) is 2.51. The van der Waals surface area contributed by atoms with E-state index in [2.05, 4.69) is 9.97 Å². The van der Waals surface area contributed by atoms with E-state index in [1.807, 2.05) is 6.92 Å². The van der Waals surface area contributed by atoms with Crippen LogP contribution in [0.1, 0.15) is 32.3 Å². The minimum atomic E-state index is -0.965. The van der Waals surface area contributed by atoms with Crippen LogP contribution in [-0.2, 0) is 16.8 Å². The number of likely N-dealkylation sites (N-methyl/N-ethyl adjacent to an activating group) is 1. The maximum Gasteiger partial charge on any atom is 0.209 e. The topological polar surface area (TPSA) is 66.3 Å². The molecule has 0 fully saturated rings. The number of hydrogen-bond acceptors (Lipinski definition) is 4. The van der Waals surface area contributed by atoms with Crippen molar-refractivity contribution in [3.05, 3.63) is 23.8 Å². The highest BCUT2D eigenvalue weighted by molar-refractivity contribution is 5.46. The Bertz CT molecular complexity index is 374. The summed E-state index contributed by atoms with van der Waals surface area (Å²) < 4.78 is 0. The number of carbonyl (C=O) groups excluding carboxylic acids is 1. The number of carbonyl (C=O) groups is 1. The lowest BCUT2D eigenvalue weighted by atomic mass is 10.1. The lowest BCUT2D eigenvalue weighted by Crippen LogP contribution is -2.25. The predicted molar refractivity (Wildman–Crippen MR) is 64.3 cm³/mol. The molecule has 0 radical (unpaired) electrons. The Labute approximate surface area is 102 Å². The first-order valence-corrected chi connectivity index (χ1v) is 5.71. The van der Waals surface area contributed by atoms with Crippen LogP contribution < -0.4 is 0 Å². The number of aliphatic hydroxyl groups is 1. The molecule has 0 spiro atoms. The summed E-state index contributed by atoms with van der Waals surface area (Å²) in [4.78, 5) is 20.7. The molecule has 0 unspecified atom stereocenters. The summed E-state index contributed by atoms with van der Waals surface area (Å²) in [7, 11) is 0. The molecule has 0 aliphatic carbocycles. The van der Waals surface area contributed by atoms with Crippen molar-refractivity contribution in [2.45, 2.75) is 32.8 Å². The second kappa shape index (κ2) is 5.72. The highest BCUT2D eigenvalue weighted by Gasteiger charge is 2.18. The zero-order valence-electron chi connectivity index (χ0n) is 10.6. The van der Waals surface area contributed by atoms with Gasteiger partial charge in [0.2, 0.25) is 6.41 Å². The van der Waals surface area contributed by atoms with Crippen molar-refractivity contribution in [1.29, 1.82) is 0 Å². The third kappa shape index (κ3) is 4.11. The van der Waals surface area contributed by atoms with Crippen LogP contribution in [0.5, 0.6) is 0 Å². The number of rotatable bonds is 6. The van der Waals surface area contributed by atoms with Crippen molar-refractivity contribution in [3.63, 3.8) is 0 Å². The van der Waals surface area contributed by atoms with Gasteiger partial charge in [-0.25, -0.2) is 9.97 Å². The molecule has 1 heterocycles. The van der Waals surface area contributed by atoms with Crippen molar-refractivity contribution in [2.75, 3.05) is 13.1 Å². The first-order chi connectivity index (χ1) is 7.97. The number of aromatic nitrogens is 2. The summed E-state index contributed by atoms with van der Waals surface area (Å²) in [6.45, 7) is 6.55. The Balaban J connectivity index is 2.69. The zero-order valence-corrected chi connectivity index (χ0v) is 10.6. The quantitative estimate of drug-likeness (QED) is 0.740. The maximum absolute atomic E-state index is 10.6. The molecule has 1 aromatic heterocycles. The molecular weight excluding hydrogens is 218 g/mol. The molecule has 17 heavy (non-hydrogen) atoms. The Morgan fingerprint density at radius 3 is 2.76 bits per heavy atom. The fourth-order valence-corrected chi connectivity index (χ4v) is 1.39. The Morgan fingerprint density at radius 2 is 2.24 bits per heavy atom. The Hall–Kier alpha value is -1.49.